The van der Waals surface area contributed by atoms with Crippen LogP contribution in [-0.2, 0) is 21.4 Å². The zero-order chi connectivity index (χ0) is 20.1. The van der Waals surface area contributed by atoms with Crippen LogP contribution in [0.15, 0.2) is 41.8 Å². The van der Waals surface area contributed by atoms with Crippen LogP contribution in [-0.4, -0.2) is 54.4 Å². The molecule has 1 aliphatic heterocycles. The van der Waals surface area contributed by atoms with E-state index in [0.717, 1.165) is 13.0 Å². The third-order valence-electron chi connectivity index (χ3n) is 4.94. The molecule has 1 aromatic heterocycles. The molecule has 152 valence electrons. The predicted octanol–water partition coefficient (Wildman–Crippen LogP) is 1.56. The van der Waals surface area contributed by atoms with Crippen LogP contribution >= 0.6 is 0 Å². The van der Waals surface area contributed by atoms with Crippen LogP contribution in [0.1, 0.15) is 24.8 Å². The standard InChI is InChI=1S/C19H26N4O4S/c1-15-6-7-16(27-2)13-18(15)28(25,26)23-11-3-5-17(23)19(24)21-8-4-10-22-12-9-20-14-22/h6-7,9,12-14,17H,3-5,8,10-11H2,1-2H3,(H,21,24)/t17-/m1/s1. The molecule has 0 aliphatic carbocycles. The molecule has 1 saturated heterocycles. The summed E-state index contributed by atoms with van der Waals surface area (Å²) in [5.41, 5.74) is 0.632. The van der Waals surface area contributed by atoms with Gasteiger partial charge in [0.05, 0.1) is 18.3 Å². The van der Waals surface area contributed by atoms with Gasteiger partial charge in [-0.25, -0.2) is 13.4 Å². The Kier molecular flexibility index (Phi) is 6.35. The maximum atomic E-state index is 13.2. The molecule has 3 rings (SSSR count). The Morgan fingerprint density at radius 1 is 1.39 bits per heavy atom. The topological polar surface area (TPSA) is 93.5 Å². The molecule has 1 amide bonds. The summed E-state index contributed by atoms with van der Waals surface area (Å²) in [6, 6.07) is 4.28. The lowest BCUT2D eigenvalue weighted by molar-refractivity contribution is -0.124. The number of aryl methyl sites for hydroxylation is 2. The Balaban J connectivity index is 1.66. The van der Waals surface area contributed by atoms with Crippen LogP contribution in [0, 0.1) is 6.92 Å². The number of carbonyl (C=O) groups is 1. The zero-order valence-corrected chi connectivity index (χ0v) is 17.0. The molecule has 28 heavy (non-hydrogen) atoms. The van der Waals surface area contributed by atoms with Crippen molar-refractivity contribution in [2.75, 3.05) is 20.2 Å². The average molecular weight is 407 g/mol. The number of hydrogen-bond donors (Lipinski definition) is 1. The van der Waals surface area contributed by atoms with Crippen LogP contribution in [0.2, 0.25) is 0 Å². The number of aromatic nitrogens is 2. The second-order valence-corrected chi connectivity index (χ2v) is 8.71. The fourth-order valence-corrected chi connectivity index (χ4v) is 5.31. The van der Waals surface area contributed by atoms with Gasteiger partial charge in [-0.05, 0) is 37.8 Å². The SMILES string of the molecule is COc1ccc(C)c(S(=O)(=O)N2CCC[C@@H]2C(=O)NCCCn2ccnc2)c1. The second kappa shape index (κ2) is 8.74. The summed E-state index contributed by atoms with van der Waals surface area (Å²) >= 11 is 0. The van der Waals surface area contributed by atoms with E-state index in [4.69, 9.17) is 4.74 Å². The highest BCUT2D eigenvalue weighted by Crippen LogP contribution is 2.30. The van der Waals surface area contributed by atoms with E-state index in [-0.39, 0.29) is 10.8 Å². The van der Waals surface area contributed by atoms with Gasteiger partial charge in [0.15, 0.2) is 0 Å². The molecule has 2 aromatic rings. The number of amides is 1. The second-order valence-electron chi connectivity index (χ2n) is 6.85. The molecule has 1 aromatic carbocycles. The first-order chi connectivity index (χ1) is 13.4. The number of methoxy groups -OCH3 is 1. The van der Waals surface area contributed by atoms with Crippen molar-refractivity contribution >= 4 is 15.9 Å². The Morgan fingerprint density at radius 3 is 2.93 bits per heavy atom. The van der Waals surface area contributed by atoms with Crippen LogP contribution < -0.4 is 10.1 Å². The van der Waals surface area contributed by atoms with Gasteiger partial charge in [0.2, 0.25) is 15.9 Å². The summed E-state index contributed by atoms with van der Waals surface area (Å²) < 4.78 is 34.8. The van der Waals surface area contributed by atoms with E-state index in [2.05, 4.69) is 10.3 Å². The lowest BCUT2D eigenvalue weighted by Crippen LogP contribution is -2.46. The minimum Gasteiger partial charge on any atom is -0.497 e. The number of sulfonamides is 1. The fraction of sp³-hybridized carbons (Fsp3) is 0.474. The number of benzene rings is 1. The number of nitrogens with one attached hydrogen (secondary N) is 1. The van der Waals surface area contributed by atoms with Crippen molar-refractivity contribution in [1.82, 2.24) is 19.2 Å². The van der Waals surface area contributed by atoms with Crippen LogP contribution in [0.4, 0.5) is 0 Å². The Labute approximate surface area is 165 Å². The quantitative estimate of drug-likeness (QED) is 0.672. The molecule has 1 atom stereocenters. The number of rotatable bonds is 8. The molecule has 9 heteroatoms. The maximum absolute atomic E-state index is 13.2. The first-order valence-electron chi connectivity index (χ1n) is 9.33. The number of carbonyl (C=O) groups excluding carboxylic acids is 1. The summed E-state index contributed by atoms with van der Waals surface area (Å²) in [6.45, 7) is 3.31. The highest BCUT2D eigenvalue weighted by atomic mass is 32.2. The first-order valence-corrected chi connectivity index (χ1v) is 10.8. The predicted molar refractivity (Wildman–Crippen MR) is 104 cm³/mol. The minimum absolute atomic E-state index is 0.187. The van der Waals surface area contributed by atoms with Crippen molar-refractivity contribution in [3.8, 4) is 5.75 Å². The lowest BCUT2D eigenvalue weighted by Gasteiger charge is -2.24. The van der Waals surface area contributed by atoms with E-state index < -0.39 is 16.1 Å². The normalized spacial score (nSPS) is 17.6. The van der Waals surface area contributed by atoms with Gasteiger partial charge < -0.3 is 14.6 Å². The number of imidazole rings is 1. The van der Waals surface area contributed by atoms with Gasteiger partial charge in [0, 0.05) is 38.1 Å². The van der Waals surface area contributed by atoms with E-state index in [1.165, 1.54) is 17.5 Å². The molecule has 1 fully saturated rings. The van der Waals surface area contributed by atoms with Crippen molar-refractivity contribution in [1.29, 1.82) is 0 Å². The molecule has 2 heterocycles. The Hall–Kier alpha value is -2.39. The molecule has 0 spiro atoms. The molecule has 1 aliphatic rings. The number of hydrogen-bond acceptors (Lipinski definition) is 5. The van der Waals surface area contributed by atoms with E-state index in [0.29, 0.717) is 37.2 Å². The molecule has 0 saturated carbocycles. The van der Waals surface area contributed by atoms with E-state index in [9.17, 15) is 13.2 Å². The van der Waals surface area contributed by atoms with E-state index in [1.807, 2.05) is 10.8 Å². The lowest BCUT2D eigenvalue weighted by atomic mass is 10.2. The average Bonchev–Trinajstić information content (AvgIpc) is 3.37. The summed E-state index contributed by atoms with van der Waals surface area (Å²) in [7, 11) is -2.29. The van der Waals surface area contributed by atoms with E-state index >= 15 is 0 Å². The van der Waals surface area contributed by atoms with Crippen LogP contribution in [0.25, 0.3) is 0 Å². The smallest absolute Gasteiger partial charge is 0.244 e. The molecule has 0 radical (unpaired) electrons. The van der Waals surface area contributed by atoms with Gasteiger partial charge in [0.25, 0.3) is 0 Å². The van der Waals surface area contributed by atoms with Crippen molar-refractivity contribution in [2.45, 2.75) is 43.7 Å². The Bertz CT molecular complexity index is 912. The largest absolute Gasteiger partial charge is 0.497 e. The first kappa shape index (κ1) is 20.3. The third-order valence-corrected chi connectivity index (χ3v) is 6.99. The highest BCUT2D eigenvalue weighted by Gasteiger charge is 2.40. The molecule has 0 bridgehead atoms. The highest BCUT2D eigenvalue weighted by molar-refractivity contribution is 7.89. The molecule has 1 N–H and O–H groups in total. The van der Waals surface area contributed by atoms with Crippen molar-refractivity contribution in [3.05, 3.63) is 42.5 Å². The third kappa shape index (κ3) is 4.36. The molecular weight excluding hydrogens is 380 g/mol. The minimum atomic E-state index is -3.78. The van der Waals surface area contributed by atoms with Crippen molar-refractivity contribution < 1.29 is 17.9 Å². The Morgan fingerprint density at radius 2 is 2.21 bits per heavy atom. The zero-order valence-electron chi connectivity index (χ0n) is 16.2. The van der Waals surface area contributed by atoms with Crippen LogP contribution in [0.5, 0.6) is 5.75 Å². The van der Waals surface area contributed by atoms with Crippen LogP contribution in [0.3, 0.4) is 0 Å². The van der Waals surface area contributed by atoms with Crippen molar-refractivity contribution in [3.63, 3.8) is 0 Å². The number of nitrogens with zero attached hydrogens (tertiary/aromatic N) is 3. The van der Waals surface area contributed by atoms with Gasteiger partial charge in [0.1, 0.15) is 11.8 Å². The van der Waals surface area contributed by atoms with Gasteiger partial charge in [-0.2, -0.15) is 4.31 Å². The summed E-state index contributed by atoms with van der Waals surface area (Å²) in [5, 5.41) is 2.87. The van der Waals surface area contributed by atoms with Gasteiger partial charge in [-0.3, -0.25) is 4.79 Å². The fourth-order valence-electron chi connectivity index (χ4n) is 3.41. The maximum Gasteiger partial charge on any atom is 0.244 e. The number of ether oxygens (including phenoxy) is 1. The summed E-state index contributed by atoms with van der Waals surface area (Å²) in [5.74, 6) is 0.233. The summed E-state index contributed by atoms with van der Waals surface area (Å²) in [4.78, 5) is 16.8. The van der Waals surface area contributed by atoms with Gasteiger partial charge in [-0.1, -0.05) is 6.07 Å². The van der Waals surface area contributed by atoms with E-state index in [1.54, 1.807) is 31.6 Å². The molecule has 0 unspecified atom stereocenters. The van der Waals surface area contributed by atoms with Gasteiger partial charge in [-0.15, -0.1) is 0 Å². The molecular formula is C19H26N4O4S. The van der Waals surface area contributed by atoms with Crippen molar-refractivity contribution in [2.24, 2.45) is 0 Å². The van der Waals surface area contributed by atoms with Gasteiger partial charge >= 0.3 is 0 Å². The summed E-state index contributed by atoms with van der Waals surface area (Å²) in [6.07, 6.45) is 7.23. The monoisotopic (exact) mass is 406 g/mol. The molecule has 8 nitrogen and oxygen atoms in total.